The Morgan fingerprint density at radius 2 is 1.60 bits per heavy atom. The van der Waals surface area contributed by atoms with Gasteiger partial charge in [0.2, 0.25) is 0 Å². The zero-order chi connectivity index (χ0) is 12.7. The van der Waals surface area contributed by atoms with Crippen LogP contribution in [0, 0.1) is 5.92 Å². The Morgan fingerprint density at radius 1 is 0.850 bits per heavy atom. The molecule has 1 heteroatoms. The molecule has 0 spiro atoms. The fraction of sp³-hybridized carbons (Fsp3) is 0.158. The van der Waals surface area contributed by atoms with Crippen LogP contribution in [-0.2, 0) is 38.7 Å². The van der Waals surface area contributed by atoms with Crippen molar-refractivity contribution >= 4 is 0 Å². The predicted octanol–water partition coefficient (Wildman–Crippen LogP) is 4.54. The van der Waals surface area contributed by atoms with Crippen molar-refractivity contribution in [2.75, 3.05) is 0 Å². The molecule has 4 rings (SSSR count). The van der Waals surface area contributed by atoms with Crippen molar-refractivity contribution in [1.29, 1.82) is 0 Å². The first kappa shape index (κ1) is 13.8. The molecule has 0 amide bonds. The van der Waals surface area contributed by atoms with Crippen LogP contribution in [0.15, 0.2) is 66.8 Å². The topological polar surface area (TPSA) is 0 Å². The first-order chi connectivity index (χ1) is 9.42. The molecule has 0 saturated heterocycles. The van der Waals surface area contributed by atoms with Crippen LogP contribution in [0.3, 0.4) is 0 Å². The third-order valence-electron chi connectivity index (χ3n) is 4.23. The van der Waals surface area contributed by atoms with Gasteiger partial charge in [-0.1, -0.05) is 66.8 Å². The van der Waals surface area contributed by atoms with Crippen molar-refractivity contribution in [3.8, 4) is 11.1 Å². The van der Waals surface area contributed by atoms with Crippen LogP contribution >= 0.6 is 0 Å². The van der Waals surface area contributed by atoms with Gasteiger partial charge in [-0.25, -0.2) is 0 Å². The summed E-state index contributed by atoms with van der Waals surface area (Å²) >= 11 is 0. The van der Waals surface area contributed by atoms with Crippen molar-refractivity contribution < 1.29 is 25.8 Å². The second kappa shape index (κ2) is 5.65. The number of hydrogen-bond donors (Lipinski definition) is 0. The van der Waals surface area contributed by atoms with E-state index in [0.717, 1.165) is 12.8 Å². The number of allylic oxidation sites excluding steroid dienone is 4. The zero-order valence-corrected chi connectivity index (χ0v) is 14.9. The third kappa shape index (κ3) is 2.29. The minimum absolute atomic E-state index is 0. The Balaban J connectivity index is 0.00000121. The van der Waals surface area contributed by atoms with E-state index in [9.17, 15) is 0 Å². The van der Waals surface area contributed by atoms with Gasteiger partial charge in [-0.15, -0.1) is 0 Å². The van der Waals surface area contributed by atoms with Crippen molar-refractivity contribution in [1.82, 2.24) is 0 Å². The Hall–Kier alpha value is -1.21. The molecule has 0 aromatic heterocycles. The normalized spacial score (nSPS) is 15.0. The molecule has 0 saturated carbocycles. The van der Waals surface area contributed by atoms with Crippen molar-refractivity contribution in [3.05, 3.63) is 83.5 Å². The van der Waals surface area contributed by atoms with Gasteiger partial charge in [-0.05, 0) is 46.6 Å². The largest absolute Gasteiger partial charge is 0.0773 e. The average Bonchev–Trinajstić information content (AvgIpc) is 3.06. The fourth-order valence-corrected chi connectivity index (χ4v) is 3.28. The Labute approximate surface area is 139 Å². The van der Waals surface area contributed by atoms with Crippen LogP contribution in [0.4, 0.5) is 0 Å². The van der Waals surface area contributed by atoms with Gasteiger partial charge in [0.05, 0.1) is 0 Å². The SMILES string of the molecule is C1=CC(Cc2cccc3c2Cc2ccccc2-3)C=C1.[Hf]. The molecular weight excluding hydrogens is 407 g/mol. The molecule has 2 aliphatic rings. The second-order valence-electron chi connectivity index (χ2n) is 5.41. The van der Waals surface area contributed by atoms with Crippen LogP contribution in [0.1, 0.15) is 16.7 Å². The predicted molar refractivity (Wildman–Crippen MR) is 80.2 cm³/mol. The van der Waals surface area contributed by atoms with E-state index in [1.54, 1.807) is 0 Å². The van der Waals surface area contributed by atoms with E-state index in [4.69, 9.17) is 0 Å². The fourth-order valence-electron chi connectivity index (χ4n) is 3.28. The Kier molecular flexibility index (Phi) is 3.89. The summed E-state index contributed by atoms with van der Waals surface area (Å²) in [5, 5.41) is 0. The third-order valence-corrected chi connectivity index (χ3v) is 4.23. The molecule has 0 unspecified atom stereocenters. The van der Waals surface area contributed by atoms with E-state index < -0.39 is 0 Å². The van der Waals surface area contributed by atoms with E-state index in [1.165, 1.54) is 27.8 Å². The summed E-state index contributed by atoms with van der Waals surface area (Å²) in [4.78, 5) is 0. The molecule has 96 valence electrons. The first-order valence-electron chi connectivity index (χ1n) is 6.96. The van der Waals surface area contributed by atoms with Crippen LogP contribution in [0.2, 0.25) is 0 Å². The number of hydrogen-bond acceptors (Lipinski definition) is 0. The summed E-state index contributed by atoms with van der Waals surface area (Å²) in [6.07, 6.45) is 11.1. The summed E-state index contributed by atoms with van der Waals surface area (Å²) in [5.74, 6) is 0.579. The molecule has 0 heterocycles. The minimum atomic E-state index is 0. The van der Waals surface area contributed by atoms with E-state index in [2.05, 4.69) is 66.8 Å². The van der Waals surface area contributed by atoms with Gasteiger partial charge in [0.1, 0.15) is 0 Å². The molecule has 2 aliphatic carbocycles. The van der Waals surface area contributed by atoms with Gasteiger partial charge >= 0.3 is 0 Å². The average molecular weight is 423 g/mol. The molecular formula is C19H16Hf. The Morgan fingerprint density at radius 3 is 2.45 bits per heavy atom. The van der Waals surface area contributed by atoms with Crippen molar-refractivity contribution in [2.24, 2.45) is 5.92 Å². The summed E-state index contributed by atoms with van der Waals surface area (Å²) in [7, 11) is 0. The molecule has 0 nitrogen and oxygen atoms in total. The molecule has 0 fully saturated rings. The molecule has 0 N–H and O–H groups in total. The van der Waals surface area contributed by atoms with Crippen LogP contribution in [0.25, 0.3) is 11.1 Å². The number of benzene rings is 2. The summed E-state index contributed by atoms with van der Waals surface area (Å²) in [5.41, 5.74) is 7.39. The zero-order valence-electron chi connectivity index (χ0n) is 11.3. The maximum atomic E-state index is 2.30. The summed E-state index contributed by atoms with van der Waals surface area (Å²) in [6, 6.07) is 15.6. The quantitative estimate of drug-likeness (QED) is 0.532. The van der Waals surface area contributed by atoms with Gasteiger partial charge in [-0.3, -0.25) is 0 Å². The maximum absolute atomic E-state index is 2.30. The van der Waals surface area contributed by atoms with E-state index in [-0.39, 0.29) is 25.8 Å². The van der Waals surface area contributed by atoms with E-state index in [0.29, 0.717) is 5.92 Å². The molecule has 20 heavy (non-hydrogen) atoms. The summed E-state index contributed by atoms with van der Waals surface area (Å²) < 4.78 is 0. The second-order valence-corrected chi connectivity index (χ2v) is 5.41. The molecule has 0 aliphatic heterocycles. The maximum Gasteiger partial charge on any atom is 0 e. The number of fused-ring (bicyclic) bond motifs is 3. The number of rotatable bonds is 2. The van der Waals surface area contributed by atoms with E-state index >= 15 is 0 Å². The molecule has 0 radical (unpaired) electrons. The van der Waals surface area contributed by atoms with Gasteiger partial charge in [-0.2, -0.15) is 0 Å². The van der Waals surface area contributed by atoms with Gasteiger partial charge in [0.25, 0.3) is 0 Å². The van der Waals surface area contributed by atoms with Gasteiger partial charge in [0, 0.05) is 25.8 Å². The minimum Gasteiger partial charge on any atom is -0.0773 e. The van der Waals surface area contributed by atoms with Gasteiger partial charge < -0.3 is 0 Å². The van der Waals surface area contributed by atoms with Crippen molar-refractivity contribution in [3.63, 3.8) is 0 Å². The first-order valence-corrected chi connectivity index (χ1v) is 6.96. The monoisotopic (exact) mass is 424 g/mol. The Bertz CT molecular complexity index is 683. The van der Waals surface area contributed by atoms with E-state index in [1.807, 2.05) is 0 Å². The van der Waals surface area contributed by atoms with Crippen molar-refractivity contribution in [2.45, 2.75) is 12.8 Å². The molecule has 0 atom stereocenters. The molecule has 0 bridgehead atoms. The van der Waals surface area contributed by atoms with Crippen LogP contribution in [-0.4, -0.2) is 0 Å². The standard InChI is InChI=1S/C19H16.Hf/c1-2-7-14(6-1)12-15-9-5-11-18-17-10-4-3-8-16(17)13-19(15)18;/h1-11,14H,12-13H2;. The van der Waals surface area contributed by atoms with Gasteiger partial charge in [0.15, 0.2) is 0 Å². The smallest absolute Gasteiger partial charge is 0 e. The molecule has 2 aromatic carbocycles. The van der Waals surface area contributed by atoms with Crippen LogP contribution in [0.5, 0.6) is 0 Å². The summed E-state index contributed by atoms with van der Waals surface area (Å²) in [6.45, 7) is 0. The molecule has 2 aromatic rings. The van der Waals surface area contributed by atoms with Crippen LogP contribution < -0.4 is 0 Å².